The molecule has 0 unspecified atom stereocenters. The summed E-state index contributed by atoms with van der Waals surface area (Å²) in [5.74, 6) is -0.531. The summed E-state index contributed by atoms with van der Waals surface area (Å²) in [6.07, 6.45) is -15.6. The van der Waals surface area contributed by atoms with Crippen LogP contribution in [0.3, 0.4) is 0 Å². The number of alkyl halides is 7. The van der Waals surface area contributed by atoms with Gasteiger partial charge in [0.1, 0.15) is 5.75 Å². The highest BCUT2D eigenvalue weighted by molar-refractivity contribution is 9.10. The van der Waals surface area contributed by atoms with Crippen molar-refractivity contribution in [2.75, 3.05) is 11.4 Å². The number of benzene rings is 2. The molecule has 3 nitrogen and oxygen atoms in total. The molecule has 0 bridgehead atoms. The molecule has 0 saturated heterocycles. The highest BCUT2D eigenvalue weighted by atomic mass is 79.9. The molecule has 0 spiro atoms. The number of hydrogen-bond donors (Lipinski definition) is 0. The van der Waals surface area contributed by atoms with Crippen LogP contribution in [0.1, 0.15) is 26.3 Å². The Hall–Kier alpha value is -1.79. The molecule has 36 heavy (non-hydrogen) atoms. The lowest BCUT2D eigenvalue weighted by atomic mass is 10.1. The van der Waals surface area contributed by atoms with E-state index >= 15 is 0 Å². The second-order valence-corrected chi connectivity index (χ2v) is 15.6. The highest BCUT2D eigenvalue weighted by Crippen LogP contribution is 2.40. The van der Waals surface area contributed by atoms with Crippen molar-refractivity contribution >= 4 is 29.9 Å². The Morgan fingerprint density at radius 3 is 2.08 bits per heavy atom. The van der Waals surface area contributed by atoms with E-state index in [-0.39, 0.29) is 12.1 Å². The fourth-order valence-corrected chi connectivity index (χ4v) is 4.66. The quantitative estimate of drug-likeness (QED) is 0.200. The summed E-state index contributed by atoms with van der Waals surface area (Å²) in [4.78, 5) is 1.40. The number of rotatable bonds is 10. The maximum Gasteiger partial charge on any atom is 0.461 e. The summed E-state index contributed by atoms with van der Waals surface area (Å²) >= 11 is 3.31. The maximum atomic E-state index is 14.1. The Labute approximate surface area is 215 Å². The Balaban J connectivity index is 2.42. The topological polar surface area (TPSA) is 21.7 Å². The molecule has 0 aromatic heterocycles. The monoisotopic (exact) mass is 603 g/mol. The Morgan fingerprint density at radius 2 is 1.56 bits per heavy atom. The summed E-state index contributed by atoms with van der Waals surface area (Å²) in [5, 5.41) is -0.474. The molecule has 2 rings (SSSR count). The molecule has 2 aromatic carbocycles. The van der Waals surface area contributed by atoms with Crippen LogP contribution in [0, 0.1) is 0 Å². The molecule has 0 saturated carbocycles. The lowest BCUT2D eigenvalue weighted by Crippen LogP contribution is -2.52. The van der Waals surface area contributed by atoms with Crippen LogP contribution in [0.2, 0.25) is 18.1 Å². The molecule has 0 radical (unpaired) electrons. The van der Waals surface area contributed by atoms with Gasteiger partial charge in [-0.15, -0.1) is 0 Å². The fraction of sp³-hybridized carbons (Fsp3) is 0.500. The van der Waals surface area contributed by atoms with Crippen LogP contribution >= 0.6 is 15.9 Å². The summed E-state index contributed by atoms with van der Waals surface area (Å²) < 4.78 is 105. The van der Waals surface area contributed by atoms with Crippen molar-refractivity contribution in [1.82, 2.24) is 0 Å². The maximum absolute atomic E-state index is 14.1. The summed E-state index contributed by atoms with van der Waals surface area (Å²) in [5.41, 5.74) is 0.701. The van der Waals surface area contributed by atoms with E-state index in [2.05, 4.69) is 20.7 Å². The Kier molecular flexibility index (Phi) is 9.55. The van der Waals surface area contributed by atoms with Crippen molar-refractivity contribution in [1.29, 1.82) is 0 Å². The summed E-state index contributed by atoms with van der Waals surface area (Å²) in [7, 11) is -2.83. The van der Waals surface area contributed by atoms with Gasteiger partial charge in [-0.25, -0.2) is 0 Å². The van der Waals surface area contributed by atoms with Gasteiger partial charge in [-0.3, -0.25) is 0 Å². The van der Waals surface area contributed by atoms with Gasteiger partial charge in [0.05, 0.1) is 6.54 Å². The van der Waals surface area contributed by atoms with Gasteiger partial charge in [0.25, 0.3) is 0 Å². The first-order valence-electron chi connectivity index (χ1n) is 11.0. The molecule has 0 aliphatic carbocycles. The van der Waals surface area contributed by atoms with Gasteiger partial charge < -0.3 is 14.1 Å². The minimum absolute atomic E-state index is 0.151. The predicted molar refractivity (Wildman–Crippen MR) is 131 cm³/mol. The van der Waals surface area contributed by atoms with E-state index in [1.165, 1.54) is 17.0 Å². The minimum atomic E-state index is -4.71. The van der Waals surface area contributed by atoms with Crippen LogP contribution in [0.15, 0.2) is 53.0 Å². The summed E-state index contributed by atoms with van der Waals surface area (Å²) in [6.45, 7) is 8.21. The van der Waals surface area contributed by atoms with Gasteiger partial charge in [0.15, 0.2) is 14.4 Å². The standard InChI is InChI=1S/C24H29BrF7NO2Si/c1-22(2,3)36(4,5)35-20(23(28,29)30)15-33(18-10-7-9-17(25)13-18)14-16-8-6-11-19(12-16)34-24(31,32)21(26)27/h6-13,20-21H,14-15H2,1-5H3/t20-/m0/s1. The first-order chi connectivity index (χ1) is 16.3. The first-order valence-corrected chi connectivity index (χ1v) is 14.7. The van der Waals surface area contributed by atoms with E-state index in [0.717, 1.165) is 12.1 Å². The van der Waals surface area contributed by atoms with Crippen molar-refractivity contribution in [3.05, 3.63) is 58.6 Å². The number of nitrogens with zero attached hydrogens (tertiary/aromatic N) is 1. The van der Waals surface area contributed by atoms with Gasteiger partial charge in [-0.2, -0.15) is 30.7 Å². The van der Waals surface area contributed by atoms with Crippen LogP contribution in [0.4, 0.5) is 36.4 Å². The number of hydrogen-bond acceptors (Lipinski definition) is 3. The number of anilines is 1. The highest BCUT2D eigenvalue weighted by Gasteiger charge is 2.48. The van der Waals surface area contributed by atoms with Crippen LogP contribution in [-0.2, 0) is 11.0 Å². The van der Waals surface area contributed by atoms with Crippen LogP contribution in [0.5, 0.6) is 5.75 Å². The van der Waals surface area contributed by atoms with Crippen LogP contribution in [-0.4, -0.2) is 39.7 Å². The molecule has 0 N–H and O–H groups in total. The zero-order chi connectivity index (χ0) is 27.5. The SMILES string of the molecule is CC(C)(C)[Si](C)(C)O[C@@H](CN(Cc1cccc(OC(F)(F)C(F)F)c1)c1cccc(Br)c1)C(F)(F)F. The third-order valence-electron chi connectivity index (χ3n) is 5.95. The molecule has 1 atom stereocenters. The van der Waals surface area contributed by atoms with Gasteiger partial charge in [0.2, 0.25) is 0 Å². The van der Waals surface area contributed by atoms with Crippen LogP contribution < -0.4 is 9.64 Å². The summed E-state index contributed by atoms with van der Waals surface area (Å²) in [6, 6.07) is 11.5. The zero-order valence-corrected chi connectivity index (χ0v) is 23.1. The number of ether oxygens (including phenoxy) is 1. The zero-order valence-electron chi connectivity index (χ0n) is 20.5. The third kappa shape index (κ3) is 8.37. The van der Waals surface area contributed by atoms with Gasteiger partial charge in [0, 0.05) is 16.7 Å². The smallest absolute Gasteiger partial charge is 0.428 e. The molecule has 2 aromatic rings. The van der Waals surface area contributed by atoms with E-state index in [9.17, 15) is 30.7 Å². The van der Waals surface area contributed by atoms with Crippen molar-refractivity contribution in [2.24, 2.45) is 0 Å². The van der Waals surface area contributed by atoms with E-state index in [1.54, 1.807) is 37.4 Å². The van der Waals surface area contributed by atoms with E-state index in [0.29, 0.717) is 10.2 Å². The molecule has 0 fully saturated rings. The van der Waals surface area contributed by atoms with Crippen molar-refractivity contribution in [2.45, 2.75) is 70.3 Å². The second-order valence-electron chi connectivity index (χ2n) is 9.88. The van der Waals surface area contributed by atoms with Crippen LogP contribution in [0.25, 0.3) is 0 Å². The van der Waals surface area contributed by atoms with Gasteiger partial charge in [-0.1, -0.05) is 54.9 Å². The van der Waals surface area contributed by atoms with Crippen molar-refractivity contribution in [3.8, 4) is 5.75 Å². The first kappa shape index (κ1) is 30.4. The van der Waals surface area contributed by atoms with E-state index in [1.807, 2.05) is 20.8 Å². The van der Waals surface area contributed by atoms with E-state index in [4.69, 9.17) is 4.43 Å². The fourth-order valence-electron chi connectivity index (χ4n) is 3.00. The molecular formula is C24H29BrF7NO2Si. The average Bonchev–Trinajstić information content (AvgIpc) is 2.71. The normalized spacial score (nSPS) is 14.2. The molecule has 12 heteroatoms. The third-order valence-corrected chi connectivity index (χ3v) is 10.9. The number of halogens is 8. The lowest BCUT2D eigenvalue weighted by molar-refractivity contribution is -0.253. The van der Waals surface area contributed by atoms with Crippen molar-refractivity contribution in [3.63, 3.8) is 0 Å². The molecule has 0 aliphatic heterocycles. The molecule has 0 heterocycles. The Morgan fingerprint density at radius 1 is 0.944 bits per heavy atom. The molecule has 0 aliphatic rings. The lowest BCUT2D eigenvalue weighted by Gasteiger charge is -2.41. The second kappa shape index (κ2) is 11.3. The predicted octanol–water partition coefficient (Wildman–Crippen LogP) is 8.65. The van der Waals surface area contributed by atoms with Crippen molar-refractivity contribution < 1.29 is 39.9 Å². The molecular weight excluding hydrogens is 575 g/mol. The largest absolute Gasteiger partial charge is 0.461 e. The Bertz CT molecular complexity index is 1010. The van der Waals surface area contributed by atoms with Gasteiger partial charge >= 0.3 is 18.7 Å². The minimum Gasteiger partial charge on any atom is -0.428 e. The molecule has 0 amide bonds. The van der Waals surface area contributed by atoms with Gasteiger partial charge in [-0.05, 0) is 54.0 Å². The molecule has 202 valence electrons. The average molecular weight is 604 g/mol. The van der Waals surface area contributed by atoms with E-state index < -0.39 is 50.5 Å².